The Kier molecular flexibility index (Phi) is 4.01. The number of nitro groups is 1. The van der Waals surface area contributed by atoms with E-state index in [0.717, 1.165) is 4.88 Å². The molecule has 0 aliphatic carbocycles. The van der Waals surface area contributed by atoms with Gasteiger partial charge in [0.15, 0.2) is 0 Å². The second kappa shape index (κ2) is 5.71. The Morgan fingerprint density at radius 3 is 2.74 bits per heavy atom. The molecule has 100 valence electrons. The summed E-state index contributed by atoms with van der Waals surface area (Å²) < 4.78 is 5.00. The van der Waals surface area contributed by atoms with E-state index in [9.17, 15) is 10.1 Å². The average Bonchev–Trinajstić information content (AvgIpc) is 2.82. The molecule has 0 saturated heterocycles. The van der Waals surface area contributed by atoms with Gasteiger partial charge in [0.1, 0.15) is 11.4 Å². The summed E-state index contributed by atoms with van der Waals surface area (Å²) in [6.45, 7) is 2.61. The second-order valence-corrected chi connectivity index (χ2v) is 5.38. The van der Waals surface area contributed by atoms with Crippen LogP contribution in [0.15, 0.2) is 30.3 Å². The summed E-state index contributed by atoms with van der Waals surface area (Å²) in [5.41, 5.74) is 0.518. The van der Waals surface area contributed by atoms with Crippen molar-refractivity contribution in [2.75, 3.05) is 12.4 Å². The highest BCUT2D eigenvalue weighted by molar-refractivity contribution is 7.11. The van der Waals surface area contributed by atoms with E-state index in [1.807, 2.05) is 19.1 Å². The number of thiophene rings is 1. The quantitative estimate of drug-likeness (QED) is 0.670. The molecule has 0 bridgehead atoms. The molecule has 0 amide bonds. The van der Waals surface area contributed by atoms with Gasteiger partial charge in [-0.15, -0.1) is 11.3 Å². The third-order valence-electron chi connectivity index (χ3n) is 2.65. The molecule has 0 aliphatic rings. The van der Waals surface area contributed by atoms with Crippen LogP contribution in [0.1, 0.15) is 9.75 Å². The Balaban J connectivity index is 2.17. The average molecular weight is 278 g/mol. The molecular formula is C13H14N2O3S. The first-order valence-corrected chi connectivity index (χ1v) is 6.53. The monoisotopic (exact) mass is 278 g/mol. The lowest BCUT2D eigenvalue weighted by Crippen LogP contribution is -2.01. The molecule has 0 saturated carbocycles. The van der Waals surface area contributed by atoms with Gasteiger partial charge in [0.05, 0.1) is 18.1 Å². The van der Waals surface area contributed by atoms with Crippen molar-refractivity contribution in [2.24, 2.45) is 0 Å². The van der Waals surface area contributed by atoms with Crippen LogP contribution < -0.4 is 10.1 Å². The fourth-order valence-corrected chi connectivity index (χ4v) is 2.53. The first-order valence-electron chi connectivity index (χ1n) is 5.72. The van der Waals surface area contributed by atoms with Crippen molar-refractivity contribution in [3.05, 3.63) is 50.2 Å². The molecule has 1 aromatic carbocycles. The maximum Gasteiger partial charge on any atom is 0.296 e. The number of aryl methyl sites for hydroxylation is 1. The smallest absolute Gasteiger partial charge is 0.296 e. The SMILES string of the molecule is COc1ccc(NCc2ccc(C)s2)c([N+](=O)[O-])c1. The Morgan fingerprint density at radius 2 is 2.16 bits per heavy atom. The molecule has 2 rings (SSSR count). The summed E-state index contributed by atoms with van der Waals surface area (Å²) in [5, 5.41) is 14.1. The maximum absolute atomic E-state index is 11.0. The van der Waals surface area contributed by atoms with Crippen molar-refractivity contribution < 1.29 is 9.66 Å². The van der Waals surface area contributed by atoms with Crippen LogP contribution in [0.3, 0.4) is 0 Å². The molecule has 0 unspecified atom stereocenters. The van der Waals surface area contributed by atoms with Gasteiger partial charge in [-0.3, -0.25) is 10.1 Å². The number of hydrogen-bond donors (Lipinski definition) is 1. The molecule has 0 aliphatic heterocycles. The number of benzene rings is 1. The minimum absolute atomic E-state index is 0.0210. The highest BCUT2D eigenvalue weighted by atomic mass is 32.1. The molecule has 0 radical (unpaired) electrons. The van der Waals surface area contributed by atoms with Gasteiger partial charge < -0.3 is 10.1 Å². The topological polar surface area (TPSA) is 64.4 Å². The number of methoxy groups -OCH3 is 1. The van der Waals surface area contributed by atoms with Gasteiger partial charge in [-0.1, -0.05) is 0 Å². The van der Waals surface area contributed by atoms with E-state index < -0.39 is 4.92 Å². The van der Waals surface area contributed by atoms with Crippen LogP contribution in [0.5, 0.6) is 5.75 Å². The van der Waals surface area contributed by atoms with E-state index in [0.29, 0.717) is 18.0 Å². The Bertz CT molecular complexity index is 595. The van der Waals surface area contributed by atoms with Crippen LogP contribution in [0.25, 0.3) is 0 Å². The van der Waals surface area contributed by atoms with E-state index in [4.69, 9.17) is 4.74 Å². The van der Waals surface area contributed by atoms with Crippen molar-refractivity contribution in [2.45, 2.75) is 13.5 Å². The van der Waals surface area contributed by atoms with E-state index in [1.54, 1.807) is 23.5 Å². The highest BCUT2D eigenvalue weighted by Crippen LogP contribution is 2.29. The van der Waals surface area contributed by atoms with Gasteiger partial charge in [0.2, 0.25) is 0 Å². The van der Waals surface area contributed by atoms with Crippen LogP contribution in [0, 0.1) is 17.0 Å². The lowest BCUT2D eigenvalue weighted by atomic mass is 10.2. The third-order valence-corrected chi connectivity index (χ3v) is 3.65. The van der Waals surface area contributed by atoms with Gasteiger partial charge in [-0.25, -0.2) is 0 Å². The van der Waals surface area contributed by atoms with E-state index >= 15 is 0 Å². The van der Waals surface area contributed by atoms with Crippen LogP contribution in [-0.2, 0) is 6.54 Å². The van der Waals surface area contributed by atoms with Gasteiger partial charge in [0, 0.05) is 16.3 Å². The summed E-state index contributed by atoms with van der Waals surface area (Å²) in [7, 11) is 1.49. The largest absolute Gasteiger partial charge is 0.496 e. The van der Waals surface area contributed by atoms with Gasteiger partial charge in [-0.2, -0.15) is 0 Å². The summed E-state index contributed by atoms with van der Waals surface area (Å²) in [6.07, 6.45) is 0. The Labute approximate surface area is 115 Å². The van der Waals surface area contributed by atoms with E-state index in [2.05, 4.69) is 5.32 Å². The molecule has 5 nitrogen and oxygen atoms in total. The van der Waals surface area contributed by atoms with E-state index in [1.165, 1.54) is 18.1 Å². The number of nitrogens with zero attached hydrogens (tertiary/aromatic N) is 1. The zero-order valence-corrected chi connectivity index (χ0v) is 11.5. The fourth-order valence-electron chi connectivity index (χ4n) is 1.70. The molecule has 1 aromatic heterocycles. The lowest BCUT2D eigenvalue weighted by Gasteiger charge is -2.07. The highest BCUT2D eigenvalue weighted by Gasteiger charge is 2.14. The van der Waals surface area contributed by atoms with E-state index in [-0.39, 0.29) is 5.69 Å². The van der Waals surface area contributed by atoms with Crippen LogP contribution in [0.2, 0.25) is 0 Å². The summed E-state index contributed by atoms with van der Waals surface area (Å²) in [5.74, 6) is 0.476. The first kappa shape index (κ1) is 13.4. The van der Waals surface area contributed by atoms with Crippen molar-refractivity contribution in [3.63, 3.8) is 0 Å². The van der Waals surface area contributed by atoms with Gasteiger partial charge in [0.25, 0.3) is 5.69 Å². The van der Waals surface area contributed by atoms with Crippen molar-refractivity contribution in [3.8, 4) is 5.75 Å². The third kappa shape index (κ3) is 3.23. The molecule has 0 fully saturated rings. The van der Waals surface area contributed by atoms with Crippen molar-refractivity contribution >= 4 is 22.7 Å². The zero-order valence-electron chi connectivity index (χ0n) is 10.7. The standard InChI is InChI=1S/C13H14N2O3S/c1-9-3-5-11(19-9)8-14-12-6-4-10(18-2)7-13(12)15(16)17/h3-7,14H,8H2,1-2H3. The van der Waals surface area contributed by atoms with Crippen LogP contribution in [0.4, 0.5) is 11.4 Å². The molecule has 1 heterocycles. The summed E-state index contributed by atoms with van der Waals surface area (Å²) in [4.78, 5) is 13.0. The minimum Gasteiger partial charge on any atom is -0.496 e. The predicted octanol–water partition coefficient (Wildman–Crippen LogP) is 3.59. The normalized spacial score (nSPS) is 10.2. The molecule has 6 heteroatoms. The first-order chi connectivity index (χ1) is 9.10. The van der Waals surface area contributed by atoms with Gasteiger partial charge >= 0.3 is 0 Å². The predicted molar refractivity (Wildman–Crippen MR) is 76.0 cm³/mol. The molecule has 0 spiro atoms. The number of hydrogen-bond acceptors (Lipinski definition) is 5. The number of nitro benzene ring substituents is 1. The maximum atomic E-state index is 11.0. The Hall–Kier alpha value is -2.08. The lowest BCUT2D eigenvalue weighted by molar-refractivity contribution is -0.384. The fraction of sp³-hybridized carbons (Fsp3) is 0.231. The molecule has 0 atom stereocenters. The summed E-state index contributed by atoms with van der Waals surface area (Å²) >= 11 is 1.67. The number of ether oxygens (including phenoxy) is 1. The molecule has 19 heavy (non-hydrogen) atoms. The van der Waals surface area contributed by atoms with Crippen molar-refractivity contribution in [1.82, 2.24) is 0 Å². The summed E-state index contributed by atoms with van der Waals surface area (Å²) in [6, 6.07) is 8.83. The number of nitrogens with one attached hydrogen (secondary N) is 1. The van der Waals surface area contributed by atoms with Crippen LogP contribution in [-0.4, -0.2) is 12.0 Å². The molecule has 2 aromatic rings. The second-order valence-electron chi connectivity index (χ2n) is 4.01. The van der Waals surface area contributed by atoms with Gasteiger partial charge in [-0.05, 0) is 31.2 Å². The number of anilines is 1. The Morgan fingerprint density at radius 1 is 1.37 bits per heavy atom. The number of rotatable bonds is 5. The molecule has 1 N–H and O–H groups in total. The minimum atomic E-state index is -0.412. The van der Waals surface area contributed by atoms with Crippen molar-refractivity contribution in [1.29, 1.82) is 0 Å². The zero-order chi connectivity index (χ0) is 13.8. The van der Waals surface area contributed by atoms with Crippen LogP contribution >= 0.6 is 11.3 Å². The molecular weight excluding hydrogens is 264 g/mol.